The van der Waals surface area contributed by atoms with Gasteiger partial charge in [0.1, 0.15) is 0 Å². The summed E-state index contributed by atoms with van der Waals surface area (Å²) in [6, 6.07) is 5.11. The fourth-order valence-corrected chi connectivity index (χ4v) is 2.18. The zero-order valence-corrected chi connectivity index (χ0v) is 12.2. The molecule has 0 saturated carbocycles. The van der Waals surface area contributed by atoms with E-state index in [1.165, 1.54) is 0 Å². The molecule has 0 aliphatic rings. The number of benzene rings is 1. The monoisotopic (exact) mass is 283 g/mol. The molecule has 1 atom stereocenters. The summed E-state index contributed by atoms with van der Waals surface area (Å²) in [6.07, 6.45) is 0. The van der Waals surface area contributed by atoms with Gasteiger partial charge in [0.15, 0.2) is 0 Å². The maximum absolute atomic E-state index is 11.7. The SMILES string of the molecule is CCNC(=O)c1ccc(N)c(NCCS(=O)CC)c1. The molecule has 1 rings (SSSR count). The van der Waals surface area contributed by atoms with Gasteiger partial charge in [-0.25, -0.2) is 0 Å². The molecule has 5 nitrogen and oxygen atoms in total. The van der Waals surface area contributed by atoms with Crippen LogP contribution in [0.25, 0.3) is 0 Å². The Morgan fingerprint density at radius 1 is 1.37 bits per heavy atom. The van der Waals surface area contributed by atoms with Crippen molar-refractivity contribution in [3.8, 4) is 0 Å². The van der Waals surface area contributed by atoms with E-state index in [1.54, 1.807) is 18.2 Å². The first-order valence-electron chi connectivity index (χ1n) is 6.35. The molecule has 0 spiro atoms. The molecule has 1 unspecified atom stereocenters. The van der Waals surface area contributed by atoms with Crippen LogP contribution in [0, 0.1) is 0 Å². The van der Waals surface area contributed by atoms with E-state index >= 15 is 0 Å². The van der Waals surface area contributed by atoms with Crippen LogP contribution in [0.15, 0.2) is 18.2 Å². The Hall–Kier alpha value is -1.56. The molecular weight excluding hydrogens is 262 g/mol. The van der Waals surface area contributed by atoms with Crippen molar-refractivity contribution in [1.82, 2.24) is 5.32 Å². The summed E-state index contributed by atoms with van der Waals surface area (Å²) < 4.78 is 11.3. The van der Waals surface area contributed by atoms with Crippen LogP contribution >= 0.6 is 0 Å². The van der Waals surface area contributed by atoms with Gasteiger partial charge >= 0.3 is 0 Å². The van der Waals surface area contributed by atoms with Crippen LogP contribution in [0.3, 0.4) is 0 Å². The number of carbonyl (C=O) groups excluding carboxylic acids is 1. The van der Waals surface area contributed by atoms with E-state index < -0.39 is 10.8 Å². The Morgan fingerprint density at radius 2 is 2.11 bits per heavy atom. The first kappa shape index (κ1) is 15.5. The van der Waals surface area contributed by atoms with E-state index in [0.717, 1.165) is 0 Å². The topological polar surface area (TPSA) is 84.2 Å². The molecule has 19 heavy (non-hydrogen) atoms. The van der Waals surface area contributed by atoms with Gasteiger partial charge in [0.25, 0.3) is 5.91 Å². The summed E-state index contributed by atoms with van der Waals surface area (Å²) in [5.41, 5.74) is 7.69. The lowest BCUT2D eigenvalue weighted by Crippen LogP contribution is -2.23. The molecule has 0 heterocycles. The van der Waals surface area contributed by atoms with Gasteiger partial charge in [-0.05, 0) is 25.1 Å². The Bertz CT molecular complexity index is 463. The molecule has 0 radical (unpaired) electrons. The largest absolute Gasteiger partial charge is 0.397 e. The van der Waals surface area contributed by atoms with E-state index in [-0.39, 0.29) is 5.91 Å². The van der Waals surface area contributed by atoms with Crippen molar-refractivity contribution < 1.29 is 9.00 Å². The molecule has 0 bridgehead atoms. The molecule has 1 amide bonds. The number of anilines is 2. The van der Waals surface area contributed by atoms with Crippen molar-refractivity contribution in [2.75, 3.05) is 35.6 Å². The minimum Gasteiger partial charge on any atom is -0.397 e. The number of rotatable bonds is 7. The summed E-state index contributed by atoms with van der Waals surface area (Å²) in [5, 5.41) is 5.85. The van der Waals surface area contributed by atoms with E-state index in [2.05, 4.69) is 10.6 Å². The predicted molar refractivity (Wildman–Crippen MR) is 80.9 cm³/mol. The van der Waals surface area contributed by atoms with E-state index in [9.17, 15) is 9.00 Å². The van der Waals surface area contributed by atoms with Crippen LogP contribution in [-0.4, -0.2) is 34.7 Å². The number of amides is 1. The van der Waals surface area contributed by atoms with Crippen LogP contribution in [0.2, 0.25) is 0 Å². The Kier molecular flexibility index (Phi) is 6.35. The van der Waals surface area contributed by atoms with E-state index in [0.29, 0.717) is 41.5 Å². The van der Waals surface area contributed by atoms with Crippen molar-refractivity contribution in [3.63, 3.8) is 0 Å². The standard InChI is InChI=1S/C13H21N3O2S/c1-3-15-13(17)10-5-6-11(14)12(9-10)16-7-8-19(18)4-2/h5-6,9,16H,3-4,7-8,14H2,1-2H3,(H,15,17). The van der Waals surface area contributed by atoms with Crippen molar-refractivity contribution >= 4 is 28.1 Å². The average Bonchev–Trinajstić information content (AvgIpc) is 2.40. The number of hydrogen-bond donors (Lipinski definition) is 3. The first-order chi connectivity index (χ1) is 9.08. The molecule has 4 N–H and O–H groups in total. The number of nitrogens with two attached hydrogens (primary N) is 1. The number of nitrogen functional groups attached to an aromatic ring is 1. The Morgan fingerprint density at radius 3 is 2.74 bits per heavy atom. The molecule has 106 valence electrons. The normalized spacial score (nSPS) is 11.9. The van der Waals surface area contributed by atoms with Crippen LogP contribution < -0.4 is 16.4 Å². The highest BCUT2D eigenvalue weighted by molar-refractivity contribution is 7.84. The predicted octanol–water partition coefficient (Wildman–Crippen LogP) is 1.20. The second-order valence-electron chi connectivity index (χ2n) is 4.02. The second kappa shape index (κ2) is 7.78. The molecule has 0 aliphatic carbocycles. The third kappa shape index (κ3) is 4.90. The minimum absolute atomic E-state index is 0.123. The van der Waals surface area contributed by atoms with Gasteiger partial charge in [-0.2, -0.15) is 0 Å². The van der Waals surface area contributed by atoms with E-state index in [1.807, 2.05) is 13.8 Å². The minimum atomic E-state index is -0.807. The van der Waals surface area contributed by atoms with Gasteiger partial charge in [0.2, 0.25) is 0 Å². The molecule has 6 heteroatoms. The quantitative estimate of drug-likeness (QED) is 0.657. The maximum atomic E-state index is 11.7. The molecule has 1 aromatic rings. The van der Waals surface area contributed by atoms with Gasteiger partial charge in [-0.15, -0.1) is 0 Å². The number of nitrogens with one attached hydrogen (secondary N) is 2. The third-order valence-electron chi connectivity index (χ3n) is 2.62. The first-order valence-corrected chi connectivity index (χ1v) is 7.83. The number of carbonyl (C=O) groups is 1. The van der Waals surface area contributed by atoms with Crippen molar-refractivity contribution in [2.24, 2.45) is 0 Å². The summed E-state index contributed by atoms with van der Waals surface area (Å²) in [7, 11) is -0.807. The zero-order valence-electron chi connectivity index (χ0n) is 11.4. The highest BCUT2D eigenvalue weighted by Crippen LogP contribution is 2.19. The molecule has 0 aliphatic heterocycles. The fourth-order valence-electron chi connectivity index (χ4n) is 1.56. The Labute approximate surface area is 116 Å². The zero-order chi connectivity index (χ0) is 14.3. The lowest BCUT2D eigenvalue weighted by molar-refractivity contribution is 0.0956. The lowest BCUT2D eigenvalue weighted by atomic mass is 10.1. The summed E-state index contributed by atoms with van der Waals surface area (Å²) >= 11 is 0. The molecule has 0 saturated heterocycles. The lowest BCUT2D eigenvalue weighted by Gasteiger charge is -2.11. The van der Waals surface area contributed by atoms with Gasteiger partial charge in [0.05, 0.1) is 11.4 Å². The molecule has 0 aromatic heterocycles. The van der Waals surface area contributed by atoms with Crippen molar-refractivity contribution in [2.45, 2.75) is 13.8 Å². The van der Waals surface area contributed by atoms with Crippen molar-refractivity contribution in [3.05, 3.63) is 23.8 Å². The average molecular weight is 283 g/mol. The fraction of sp³-hybridized carbons (Fsp3) is 0.462. The summed E-state index contributed by atoms with van der Waals surface area (Å²) in [5.74, 6) is 1.10. The summed E-state index contributed by atoms with van der Waals surface area (Å²) in [6.45, 7) is 4.92. The van der Waals surface area contributed by atoms with Crippen LogP contribution in [0.1, 0.15) is 24.2 Å². The van der Waals surface area contributed by atoms with Gasteiger partial charge < -0.3 is 16.4 Å². The smallest absolute Gasteiger partial charge is 0.251 e. The van der Waals surface area contributed by atoms with Crippen LogP contribution in [-0.2, 0) is 10.8 Å². The maximum Gasteiger partial charge on any atom is 0.251 e. The van der Waals surface area contributed by atoms with E-state index in [4.69, 9.17) is 5.73 Å². The molecule has 0 fully saturated rings. The number of hydrogen-bond acceptors (Lipinski definition) is 4. The highest BCUT2D eigenvalue weighted by atomic mass is 32.2. The molecular formula is C13H21N3O2S. The van der Waals surface area contributed by atoms with Crippen LogP contribution in [0.5, 0.6) is 0 Å². The van der Waals surface area contributed by atoms with Crippen molar-refractivity contribution in [1.29, 1.82) is 0 Å². The van der Waals surface area contributed by atoms with Crippen LogP contribution in [0.4, 0.5) is 11.4 Å². The summed E-state index contributed by atoms with van der Waals surface area (Å²) in [4.78, 5) is 11.7. The Balaban J connectivity index is 2.69. The third-order valence-corrected chi connectivity index (χ3v) is 3.92. The van der Waals surface area contributed by atoms with Gasteiger partial charge in [0, 0.05) is 41.0 Å². The highest BCUT2D eigenvalue weighted by Gasteiger charge is 2.07. The van der Waals surface area contributed by atoms with Gasteiger partial charge in [-0.3, -0.25) is 9.00 Å². The van der Waals surface area contributed by atoms with Gasteiger partial charge in [-0.1, -0.05) is 6.92 Å². The molecule has 1 aromatic carbocycles. The second-order valence-corrected chi connectivity index (χ2v) is 5.89.